The van der Waals surface area contributed by atoms with E-state index in [1.165, 1.54) is 19.2 Å². The molecule has 1 aromatic heterocycles. The third-order valence-corrected chi connectivity index (χ3v) is 2.00. The van der Waals surface area contributed by atoms with Gasteiger partial charge in [0.05, 0.1) is 13.2 Å². The molecule has 0 amide bonds. The first-order chi connectivity index (χ1) is 7.29. The molecule has 0 fully saturated rings. The first-order valence-electron chi connectivity index (χ1n) is 4.54. The number of benzene rings is 1. The molecule has 3 nitrogen and oxygen atoms in total. The van der Waals surface area contributed by atoms with Crippen molar-refractivity contribution < 1.29 is 9.15 Å². The minimum absolute atomic E-state index is 0.128. The van der Waals surface area contributed by atoms with Crippen molar-refractivity contribution in [3.63, 3.8) is 0 Å². The second-order valence-corrected chi connectivity index (χ2v) is 3.05. The van der Waals surface area contributed by atoms with Crippen molar-refractivity contribution in [1.29, 1.82) is 0 Å². The molecule has 0 N–H and O–H groups in total. The molecule has 2 aromatic rings. The summed E-state index contributed by atoms with van der Waals surface area (Å²) in [4.78, 5) is 11.3. The van der Waals surface area contributed by atoms with E-state index >= 15 is 0 Å². The SMILES string of the molecule is COc1cc(=O)cc(-c2ccccc2)o1. The summed E-state index contributed by atoms with van der Waals surface area (Å²) >= 11 is 0. The Hall–Kier alpha value is -2.03. The van der Waals surface area contributed by atoms with Crippen LogP contribution in [-0.4, -0.2) is 7.11 Å². The van der Waals surface area contributed by atoms with E-state index in [0.29, 0.717) is 5.76 Å². The monoisotopic (exact) mass is 202 g/mol. The van der Waals surface area contributed by atoms with Crippen LogP contribution in [0.2, 0.25) is 0 Å². The molecule has 0 aliphatic carbocycles. The van der Waals surface area contributed by atoms with Crippen LogP contribution in [0.1, 0.15) is 0 Å². The van der Waals surface area contributed by atoms with Gasteiger partial charge in [-0.1, -0.05) is 30.3 Å². The molecule has 0 unspecified atom stereocenters. The lowest BCUT2D eigenvalue weighted by Gasteiger charge is -2.02. The van der Waals surface area contributed by atoms with E-state index in [-0.39, 0.29) is 11.4 Å². The number of methoxy groups -OCH3 is 1. The summed E-state index contributed by atoms with van der Waals surface area (Å²) in [5, 5.41) is 0. The fourth-order valence-electron chi connectivity index (χ4n) is 1.30. The predicted molar refractivity (Wildman–Crippen MR) is 57.0 cm³/mol. The predicted octanol–water partition coefficient (Wildman–Crippen LogP) is 2.32. The molecule has 0 bridgehead atoms. The first-order valence-corrected chi connectivity index (χ1v) is 4.54. The normalized spacial score (nSPS) is 9.93. The van der Waals surface area contributed by atoms with Crippen LogP contribution in [0, 0.1) is 0 Å². The topological polar surface area (TPSA) is 39.4 Å². The quantitative estimate of drug-likeness (QED) is 0.750. The van der Waals surface area contributed by atoms with Gasteiger partial charge in [0.15, 0.2) is 5.43 Å². The van der Waals surface area contributed by atoms with E-state index in [9.17, 15) is 4.79 Å². The Morgan fingerprint density at radius 2 is 1.87 bits per heavy atom. The molecule has 0 spiro atoms. The Morgan fingerprint density at radius 3 is 2.53 bits per heavy atom. The van der Waals surface area contributed by atoms with Crippen molar-refractivity contribution in [1.82, 2.24) is 0 Å². The van der Waals surface area contributed by atoms with Gasteiger partial charge in [-0.25, -0.2) is 0 Å². The van der Waals surface area contributed by atoms with Crippen molar-refractivity contribution in [2.75, 3.05) is 7.11 Å². The van der Waals surface area contributed by atoms with Gasteiger partial charge in [0.1, 0.15) is 5.76 Å². The van der Waals surface area contributed by atoms with Crippen molar-refractivity contribution in [2.45, 2.75) is 0 Å². The summed E-state index contributed by atoms with van der Waals surface area (Å²) in [7, 11) is 1.47. The average molecular weight is 202 g/mol. The molecule has 0 aliphatic rings. The van der Waals surface area contributed by atoms with Crippen molar-refractivity contribution >= 4 is 0 Å². The molecule has 3 heteroatoms. The average Bonchev–Trinajstić information content (AvgIpc) is 2.29. The lowest BCUT2D eigenvalue weighted by atomic mass is 10.2. The highest BCUT2D eigenvalue weighted by molar-refractivity contribution is 5.56. The van der Waals surface area contributed by atoms with Gasteiger partial charge < -0.3 is 9.15 Å². The molecule has 0 radical (unpaired) electrons. The highest BCUT2D eigenvalue weighted by atomic mass is 16.6. The largest absolute Gasteiger partial charge is 0.468 e. The molecule has 76 valence electrons. The molecule has 0 aliphatic heterocycles. The fraction of sp³-hybridized carbons (Fsp3) is 0.0833. The van der Waals surface area contributed by atoms with Gasteiger partial charge in [-0.05, 0) is 0 Å². The van der Waals surface area contributed by atoms with Gasteiger partial charge in [-0.15, -0.1) is 0 Å². The second kappa shape index (κ2) is 4.00. The van der Waals surface area contributed by atoms with E-state index in [0.717, 1.165) is 5.56 Å². The molecule has 0 saturated carbocycles. The van der Waals surface area contributed by atoms with Gasteiger partial charge >= 0.3 is 0 Å². The second-order valence-electron chi connectivity index (χ2n) is 3.05. The van der Waals surface area contributed by atoms with Gasteiger partial charge in [0.2, 0.25) is 0 Å². The van der Waals surface area contributed by atoms with Gasteiger partial charge in [-0.2, -0.15) is 0 Å². The van der Waals surface area contributed by atoms with Crippen LogP contribution in [0.25, 0.3) is 11.3 Å². The van der Waals surface area contributed by atoms with Gasteiger partial charge in [0.25, 0.3) is 5.95 Å². The Kier molecular flexibility index (Phi) is 2.54. The van der Waals surface area contributed by atoms with E-state index in [1.807, 2.05) is 30.3 Å². The van der Waals surface area contributed by atoms with Crippen LogP contribution < -0.4 is 10.2 Å². The van der Waals surface area contributed by atoms with Gasteiger partial charge in [0, 0.05) is 11.6 Å². The maximum Gasteiger partial charge on any atom is 0.288 e. The molecule has 1 heterocycles. The van der Waals surface area contributed by atoms with Gasteiger partial charge in [-0.3, -0.25) is 4.79 Å². The molecule has 15 heavy (non-hydrogen) atoms. The van der Waals surface area contributed by atoms with E-state index in [4.69, 9.17) is 9.15 Å². The van der Waals surface area contributed by atoms with Crippen LogP contribution in [0.5, 0.6) is 5.95 Å². The Morgan fingerprint density at radius 1 is 1.13 bits per heavy atom. The van der Waals surface area contributed by atoms with Crippen LogP contribution >= 0.6 is 0 Å². The summed E-state index contributed by atoms with van der Waals surface area (Å²) in [5.41, 5.74) is 0.727. The van der Waals surface area contributed by atoms with Crippen molar-refractivity contribution in [2.24, 2.45) is 0 Å². The summed E-state index contributed by atoms with van der Waals surface area (Å²) in [6.07, 6.45) is 0. The number of hydrogen-bond acceptors (Lipinski definition) is 3. The minimum Gasteiger partial charge on any atom is -0.468 e. The molecular weight excluding hydrogens is 192 g/mol. The molecule has 2 rings (SSSR count). The molecule has 0 atom stereocenters. The molecule has 1 aromatic carbocycles. The van der Waals surface area contributed by atoms with Crippen LogP contribution in [-0.2, 0) is 0 Å². The Balaban J connectivity index is 2.54. The van der Waals surface area contributed by atoms with Crippen LogP contribution in [0.4, 0.5) is 0 Å². The summed E-state index contributed by atoms with van der Waals surface area (Å²) in [5.74, 6) is 0.737. The first kappa shape index (κ1) is 9.52. The summed E-state index contributed by atoms with van der Waals surface area (Å²) < 4.78 is 10.3. The van der Waals surface area contributed by atoms with Crippen LogP contribution in [0.15, 0.2) is 51.7 Å². The van der Waals surface area contributed by atoms with Crippen LogP contribution in [0.3, 0.4) is 0 Å². The zero-order valence-corrected chi connectivity index (χ0v) is 8.27. The molecule has 0 saturated heterocycles. The zero-order chi connectivity index (χ0) is 10.7. The maximum absolute atomic E-state index is 11.3. The van der Waals surface area contributed by atoms with E-state index < -0.39 is 0 Å². The standard InChI is InChI=1S/C12H10O3/c1-14-12-8-10(13)7-11(15-12)9-5-3-2-4-6-9/h2-8H,1H3. The lowest BCUT2D eigenvalue weighted by molar-refractivity contribution is 0.301. The molecular formula is C12H10O3. The summed E-state index contributed by atoms with van der Waals surface area (Å²) in [6, 6.07) is 12.2. The minimum atomic E-state index is -0.128. The highest BCUT2D eigenvalue weighted by Gasteiger charge is 2.03. The number of hydrogen-bond donors (Lipinski definition) is 0. The Labute approximate surface area is 86.9 Å². The van der Waals surface area contributed by atoms with E-state index in [2.05, 4.69) is 0 Å². The smallest absolute Gasteiger partial charge is 0.288 e. The van der Waals surface area contributed by atoms with Crippen molar-refractivity contribution in [3.8, 4) is 17.3 Å². The third kappa shape index (κ3) is 2.07. The third-order valence-electron chi connectivity index (χ3n) is 2.00. The number of ether oxygens (including phenoxy) is 1. The Bertz CT molecular complexity index is 500. The number of rotatable bonds is 2. The van der Waals surface area contributed by atoms with Crippen molar-refractivity contribution in [3.05, 3.63) is 52.7 Å². The fourth-order valence-corrected chi connectivity index (χ4v) is 1.30. The lowest BCUT2D eigenvalue weighted by Crippen LogP contribution is -1.98. The van der Waals surface area contributed by atoms with E-state index in [1.54, 1.807) is 0 Å². The highest BCUT2D eigenvalue weighted by Crippen LogP contribution is 2.21. The summed E-state index contributed by atoms with van der Waals surface area (Å²) in [6.45, 7) is 0. The maximum atomic E-state index is 11.3. The zero-order valence-electron chi connectivity index (χ0n) is 8.27.